The third kappa shape index (κ3) is 6.38. The Morgan fingerprint density at radius 2 is 1.67 bits per heavy atom. The Kier molecular flexibility index (Phi) is 8.09. The van der Waals surface area contributed by atoms with Crippen molar-refractivity contribution in [2.75, 3.05) is 5.43 Å². The summed E-state index contributed by atoms with van der Waals surface area (Å²) in [7, 11) is 4.49. The van der Waals surface area contributed by atoms with Gasteiger partial charge in [0, 0.05) is 5.56 Å². The molecule has 1 amide bonds. The maximum atomic E-state index is 11.7. The van der Waals surface area contributed by atoms with Crippen LogP contribution in [-0.4, -0.2) is 20.0 Å². The first-order chi connectivity index (χ1) is 10.2. The van der Waals surface area contributed by atoms with E-state index in [2.05, 4.69) is 26.4 Å². The minimum atomic E-state index is -0.229. The Labute approximate surface area is 133 Å². The van der Waals surface area contributed by atoms with Gasteiger partial charge in [-0.15, -0.1) is 4.91 Å². The number of hydrogen-bond acceptors (Lipinski definition) is 5. The van der Waals surface area contributed by atoms with E-state index in [4.69, 9.17) is 0 Å². The van der Waals surface area contributed by atoms with Crippen molar-refractivity contribution in [1.29, 1.82) is 0 Å². The van der Waals surface area contributed by atoms with Gasteiger partial charge in [0.15, 0.2) is 0 Å². The van der Waals surface area contributed by atoms with E-state index in [1.54, 1.807) is 48.5 Å². The molecule has 2 rings (SSSR count). The summed E-state index contributed by atoms with van der Waals surface area (Å²) in [6, 6.07) is 15.3. The fourth-order valence-electron chi connectivity index (χ4n) is 1.40. The van der Waals surface area contributed by atoms with E-state index in [0.717, 1.165) is 0 Å². The van der Waals surface area contributed by atoms with Crippen LogP contribution in [0.3, 0.4) is 0 Å². The second kappa shape index (κ2) is 9.91. The summed E-state index contributed by atoms with van der Waals surface area (Å²) in [6.07, 6.45) is 0. The Balaban J connectivity index is 0.000000677. The molecule has 0 unspecified atom stereocenters. The SMILES string of the molecule is C[As]=S.O=Nc1ccc(NNC(=O)c2ccccc2)cc1. The molecule has 5 nitrogen and oxygen atoms in total. The van der Waals surface area contributed by atoms with Crippen molar-refractivity contribution in [3.8, 4) is 0 Å². The minimum absolute atomic E-state index is 0.229. The van der Waals surface area contributed by atoms with Crippen molar-refractivity contribution in [2.24, 2.45) is 5.18 Å². The van der Waals surface area contributed by atoms with Crippen LogP contribution in [-0.2, 0) is 0 Å². The number of nitrogens with one attached hydrogen (secondary N) is 2. The predicted octanol–water partition coefficient (Wildman–Crippen LogP) is 3.69. The van der Waals surface area contributed by atoms with Gasteiger partial charge in [-0.25, -0.2) is 0 Å². The molecule has 0 aliphatic heterocycles. The van der Waals surface area contributed by atoms with Crippen LogP contribution in [0.15, 0.2) is 59.8 Å². The van der Waals surface area contributed by atoms with Crippen LogP contribution in [0.2, 0.25) is 5.71 Å². The predicted molar refractivity (Wildman–Crippen MR) is 88.6 cm³/mol. The van der Waals surface area contributed by atoms with Gasteiger partial charge in [-0.3, -0.25) is 15.6 Å². The normalized spacial score (nSPS) is 9.19. The number of benzene rings is 2. The summed E-state index contributed by atoms with van der Waals surface area (Å²) < 4.78 is 0. The molecule has 2 aromatic rings. The first-order valence-electron chi connectivity index (χ1n) is 5.97. The standard InChI is InChI=1S/C13H11N3O2.CH3AsS/c17-13(10-4-2-1-3-5-10)15-14-11-6-8-12(16-18)9-7-11;1-2-3/h1-9,14H,(H,15,17);1H3. The summed E-state index contributed by atoms with van der Waals surface area (Å²) in [5.74, 6) is -0.229. The smallest absolute Gasteiger partial charge is 0.269 e. The van der Waals surface area contributed by atoms with E-state index in [1.165, 1.54) is 0 Å². The largest absolute Gasteiger partial charge is 0.298 e. The van der Waals surface area contributed by atoms with E-state index in [9.17, 15) is 9.70 Å². The quantitative estimate of drug-likeness (QED) is 0.494. The van der Waals surface area contributed by atoms with Gasteiger partial charge in [-0.05, 0) is 41.6 Å². The number of nitroso groups, excluding NO2 is 1. The zero-order valence-electron chi connectivity index (χ0n) is 11.3. The monoisotopic (exact) mass is 363 g/mol. The summed E-state index contributed by atoms with van der Waals surface area (Å²) in [5, 5.41) is 2.79. The zero-order chi connectivity index (χ0) is 15.5. The number of amides is 1. The van der Waals surface area contributed by atoms with Crippen LogP contribution in [0, 0.1) is 4.91 Å². The molecule has 0 heterocycles. The van der Waals surface area contributed by atoms with E-state index in [0.29, 0.717) is 16.9 Å². The molecule has 0 bridgehead atoms. The summed E-state index contributed by atoms with van der Waals surface area (Å²) in [4.78, 5) is 21.9. The number of nitrogens with zero attached hydrogens (tertiary/aromatic N) is 1. The van der Waals surface area contributed by atoms with Crippen molar-refractivity contribution in [2.45, 2.75) is 5.71 Å². The molecule has 2 aromatic carbocycles. The maximum absolute atomic E-state index is 11.7. The molecule has 0 saturated carbocycles. The topological polar surface area (TPSA) is 70.6 Å². The summed E-state index contributed by atoms with van der Waals surface area (Å²) in [6.45, 7) is 0. The van der Waals surface area contributed by atoms with Crippen LogP contribution in [0.1, 0.15) is 10.4 Å². The minimum Gasteiger partial charge on any atom is -0.298 e. The van der Waals surface area contributed by atoms with Crippen LogP contribution in [0.5, 0.6) is 0 Å². The molecular formula is C14H14AsN3O2S. The average Bonchev–Trinajstić information content (AvgIpc) is 2.54. The molecule has 7 heteroatoms. The molecule has 0 spiro atoms. The van der Waals surface area contributed by atoms with Crippen molar-refractivity contribution < 1.29 is 4.79 Å². The third-order valence-electron chi connectivity index (χ3n) is 2.33. The van der Waals surface area contributed by atoms with Gasteiger partial charge in [-0.2, -0.15) is 0 Å². The zero-order valence-corrected chi connectivity index (χ0v) is 14.0. The fourth-order valence-corrected chi connectivity index (χ4v) is 1.40. The summed E-state index contributed by atoms with van der Waals surface area (Å²) in [5.41, 5.74) is 8.92. The fraction of sp³-hybridized carbons (Fsp3) is 0.0714. The first kappa shape index (κ1) is 17.1. The number of carbonyl (C=O) groups is 1. The molecule has 0 atom stereocenters. The van der Waals surface area contributed by atoms with E-state index >= 15 is 0 Å². The van der Waals surface area contributed by atoms with Gasteiger partial charge in [0.2, 0.25) is 0 Å². The van der Waals surface area contributed by atoms with Gasteiger partial charge in [-0.1, -0.05) is 18.2 Å². The number of rotatable bonds is 4. The average molecular weight is 363 g/mol. The number of hydrogen-bond donors (Lipinski definition) is 2. The number of carbonyl (C=O) groups excluding carboxylic acids is 1. The molecule has 108 valence electrons. The van der Waals surface area contributed by atoms with E-state index in [1.807, 2.05) is 11.8 Å². The second-order valence-corrected chi connectivity index (χ2v) is 6.43. The van der Waals surface area contributed by atoms with Gasteiger partial charge in [0.05, 0.1) is 5.69 Å². The number of hydrazine groups is 1. The Bertz CT molecular complexity index is 591. The molecule has 21 heavy (non-hydrogen) atoms. The van der Waals surface area contributed by atoms with Crippen molar-refractivity contribution in [3.05, 3.63) is 65.1 Å². The van der Waals surface area contributed by atoms with Crippen molar-refractivity contribution in [1.82, 2.24) is 5.43 Å². The molecule has 0 radical (unpaired) electrons. The van der Waals surface area contributed by atoms with Crippen molar-refractivity contribution in [3.63, 3.8) is 0 Å². The molecular weight excluding hydrogens is 349 g/mol. The molecule has 0 aliphatic carbocycles. The Morgan fingerprint density at radius 3 is 2.19 bits per heavy atom. The van der Waals surface area contributed by atoms with Gasteiger partial charge in [0.25, 0.3) is 5.91 Å². The molecule has 2 N–H and O–H groups in total. The van der Waals surface area contributed by atoms with Crippen LogP contribution in [0.25, 0.3) is 0 Å². The van der Waals surface area contributed by atoms with Gasteiger partial charge in [0.1, 0.15) is 5.69 Å². The maximum Gasteiger partial charge on any atom is 0.269 e. The number of anilines is 1. The Morgan fingerprint density at radius 1 is 1.10 bits per heavy atom. The van der Waals surface area contributed by atoms with Crippen LogP contribution < -0.4 is 10.9 Å². The van der Waals surface area contributed by atoms with Gasteiger partial charge >= 0.3 is 30.2 Å². The summed E-state index contributed by atoms with van der Waals surface area (Å²) >= 11 is 0.271. The van der Waals surface area contributed by atoms with E-state index < -0.39 is 0 Å². The van der Waals surface area contributed by atoms with Crippen LogP contribution in [0.4, 0.5) is 11.4 Å². The van der Waals surface area contributed by atoms with E-state index in [-0.39, 0.29) is 20.0 Å². The van der Waals surface area contributed by atoms with Gasteiger partial charge < -0.3 is 0 Å². The molecule has 0 fully saturated rings. The molecule has 0 saturated heterocycles. The Hall–Kier alpha value is -1.91. The van der Waals surface area contributed by atoms with Crippen LogP contribution >= 0.6 is 10.4 Å². The van der Waals surface area contributed by atoms with Crippen molar-refractivity contribution >= 4 is 41.8 Å². The molecule has 0 aromatic heterocycles. The molecule has 0 aliphatic rings. The second-order valence-electron chi connectivity index (χ2n) is 3.77. The first-order valence-corrected chi connectivity index (χ1v) is 10.5. The third-order valence-corrected chi connectivity index (χ3v) is 2.33.